The zero-order valence-corrected chi connectivity index (χ0v) is 15.6. The van der Waals surface area contributed by atoms with E-state index >= 15 is 0 Å². The lowest BCUT2D eigenvalue weighted by Gasteiger charge is -2.10. The number of hydrazine groups is 1. The van der Waals surface area contributed by atoms with Crippen LogP contribution in [-0.2, 0) is 9.53 Å². The molecule has 0 radical (unpaired) electrons. The van der Waals surface area contributed by atoms with Gasteiger partial charge >= 0.3 is 0 Å². The molecule has 2 aromatic carbocycles. The summed E-state index contributed by atoms with van der Waals surface area (Å²) in [6.07, 6.45) is 0. The van der Waals surface area contributed by atoms with Crippen molar-refractivity contribution in [3.05, 3.63) is 59.1 Å². The highest BCUT2D eigenvalue weighted by atomic mass is 35.5. The van der Waals surface area contributed by atoms with E-state index in [1.807, 2.05) is 6.92 Å². The van der Waals surface area contributed by atoms with Crippen LogP contribution in [0.15, 0.2) is 48.5 Å². The van der Waals surface area contributed by atoms with Gasteiger partial charge in [-0.1, -0.05) is 17.7 Å². The number of benzene rings is 2. The van der Waals surface area contributed by atoms with Gasteiger partial charge in [0.2, 0.25) is 0 Å². The molecule has 0 unspecified atom stereocenters. The predicted octanol–water partition coefficient (Wildman–Crippen LogP) is 2.60. The first-order valence-corrected chi connectivity index (χ1v) is 8.74. The van der Waals surface area contributed by atoms with E-state index in [0.717, 1.165) is 0 Å². The average Bonchev–Trinajstić information content (AvgIpc) is 2.69. The molecule has 2 rings (SSSR count). The van der Waals surface area contributed by atoms with E-state index in [0.29, 0.717) is 41.9 Å². The molecule has 0 aliphatic heterocycles. The summed E-state index contributed by atoms with van der Waals surface area (Å²) in [7, 11) is 0. The molecule has 0 fully saturated rings. The Hall–Kier alpha value is -2.77. The van der Waals surface area contributed by atoms with E-state index in [2.05, 4.69) is 10.9 Å². The van der Waals surface area contributed by atoms with E-state index in [9.17, 15) is 9.59 Å². The highest BCUT2D eigenvalue weighted by molar-refractivity contribution is 6.30. The summed E-state index contributed by atoms with van der Waals surface area (Å²) in [5, 5.41) is 0.572. The Labute approximate surface area is 162 Å². The second-order valence-corrected chi connectivity index (χ2v) is 5.75. The van der Waals surface area contributed by atoms with Gasteiger partial charge in [-0.3, -0.25) is 20.4 Å². The molecule has 2 aromatic rings. The smallest absolute Gasteiger partial charge is 0.276 e. The van der Waals surface area contributed by atoms with E-state index < -0.39 is 11.8 Å². The van der Waals surface area contributed by atoms with Crippen LogP contribution in [0.5, 0.6) is 11.5 Å². The van der Waals surface area contributed by atoms with Crippen LogP contribution in [0.3, 0.4) is 0 Å². The molecular weight excluding hydrogens is 372 g/mol. The first kappa shape index (κ1) is 20.5. The molecule has 27 heavy (non-hydrogen) atoms. The summed E-state index contributed by atoms with van der Waals surface area (Å²) in [5.41, 5.74) is 4.97. The van der Waals surface area contributed by atoms with Gasteiger partial charge in [0.25, 0.3) is 11.8 Å². The van der Waals surface area contributed by atoms with Crippen LogP contribution >= 0.6 is 11.6 Å². The maximum absolute atomic E-state index is 12.1. The standard InChI is InChI=1S/C19H21ClN2O5/c1-2-25-10-11-26-17-5-3-4-14(12-17)19(24)22-21-18(23)13-27-16-8-6-15(20)7-9-16/h3-9,12H,2,10-11,13H2,1H3,(H,21,23)(H,22,24). The Morgan fingerprint density at radius 1 is 0.963 bits per heavy atom. The lowest BCUT2D eigenvalue weighted by Crippen LogP contribution is -2.43. The van der Waals surface area contributed by atoms with E-state index in [4.69, 9.17) is 25.8 Å². The van der Waals surface area contributed by atoms with Crippen LogP contribution in [-0.4, -0.2) is 38.2 Å². The van der Waals surface area contributed by atoms with Crippen molar-refractivity contribution < 1.29 is 23.8 Å². The number of rotatable bonds is 9. The summed E-state index contributed by atoms with van der Waals surface area (Å²) in [5.74, 6) is 0.0741. The van der Waals surface area contributed by atoms with Crippen molar-refractivity contribution in [2.24, 2.45) is 0 Å². The number of nitrogens with one attached hydrogen (secondary N) is 2. The topological polar surface area (TPSA) is 85.9 Å². The van der Waals surface area contributed by atoms with Crippen molar-refractivity contribution in [1.82, 2.24) is 10.9 Å². The van der Waals surface area contributed by atoms with Crippen LogP contribution in [0.25, 0.3) is 0 Å². The van der Waals surface area contributed by atoms with Gasteiger partial charge in [-0.25, -0.2) is 0 Å². The third-order valence-corrected chi connectivity index (χ3v) is 3.55. The van der Waals surface area contributed by atoms with Crippen molar-refractivity contribution in [2.75, 3.05) is 26.4 Å². The van der Waals surface area contributed by atoms with Crippen molar-refractivity contribution in [3.8, 4) is 11.5 Å². The maximum Gasteiger partial charge on any atom is 0.276 e. The normalized spacial score (nSPS) is 10.1. The third-order valence-electron chi connectivity index (χ3n) is 3.30. The zero-order chi connectivity index (χ0) is 19.5. The molecule has 0 atom stereocenters. The molecule has 0 aliphatic carbocycles. The second-order valence-electron chi connectivity index (χ2n) is 5.32. The molecule has 0 saturated carbocycles. The first-order chi connectivity index (χ1) is 13.1. The van der Waals surface area contributed by atoms with E-state index in [1.54, 1.807) is 48.5 Å². The lowest BCUT2D eigenvalue weighted by atomic mass is 10.2. The number of hydrogen-bond donors (Lipinski definition) is 2. The van der Waals surface area contributed by atoms with Crippen molar-refractivity contribution in [3.63, 3.8) is 0 Å². The lowest BCUT2D eigenvalue weighted by molar-refractivity contribution is -0.123. The number of carbonyl (C=O) groups excluding carboxylic acids is 2. The summed E-state index contributed by atoms with van der Waals surface area (Å²) in [6.45, 7) is 3.13. The second kappa shape index (κ2) is 11.1. The molecule has 2 N–H and O–H groups in total. The SMILES string of the molecule is CCOCCOc1cccc(C(=O)NNC(=O)COc2ccc(Cl)cc2)c1. The molecule has 0 saturated heterocycles. The van der Waals surface area contributed by atoms with Crippen molar-refractivity contribution in [1.29, 1.82) is 0 Å². The molecule has 7 nitrogen and oxygen atoms in total. The van der Waals surface area contributed by atoms with Crippen LogP contribution in [0.4, 0.5) is 0 Å². The molecule has 0 heterocycles. The highest BCUT2D eigenvalue weighted by Gasteiger charge is 2.09. The Balaban J connectivity index is 1.75. The minimum atomic E-state index is -0.498. The summed E-state index contributed by atoms with van der Waals surface area (Å²) in [4.78, 5) is 23.9. The molecule has 144 valence electrons. The van der Waals surface area contributed by atoms with Gasteiger partial charge in [-0.05, 0) is 49.4 Å². The Bertz CT molecular complexity index is 752. The fourth-order valence-electron chi connectivity index (χ4n) is 2.00. The monoisotopic (exact) mass is 392 g/mol. The molecule has 0 aliphatic rings. The Morgan fingerprint density at radius 2 is 1.74 bits per heavy atom. The number of ether oxygens (including phenoxy) is 3. The van der Waals surface area contributed by atoms with Gasteiger partial charge < -0.3 is 14.2 Å². The summed E-state index contributed by atoms with van der Waals surface area (Å²) in [6, 6.07) is 13.2. The summed E-state index contributed by atoms with van der Waals surface area (Å²) < 4.78 is 16.0. The fraction of sp³-hybridized carbons (Fsp3) is 0.263. The largest absolute Gasteiger partial charge is 0.491 e. The number of halogens is 1. The van der Waals surface area contributed by atoms with Crippen molar-refractivity contribution >= 4 is 23.4 Å². The van der Waals surface area contributed by atoms with Gasteiger partial charge in [-0.15, -0.1) is 0 Å². The van der Waals surface area contributed by atoms with E-state index in [-0.39, 0.29) is 6.61 Å². The van der Waals surface area contributed by atoms with Crippen molar-refractivity contribution in [2.45, 2.75) is 6.92 Å². The molecule has 0 aromatic heterocycles. The minimum Gasteiger partial charge on any atom is -0.491 e. The number of carbonyl (C=O) groups is 2. The van der Waals surface area contributed by atoms with Gasteiger partial charge in [0.15, 0.2) is 6.61 Å². The van der Waals surface area contributed by atoms with Crippen LogP contribution in [0.1, 0.15) is 17.3 Å². The van der Waals surface area contributed by atoms with Gasteiger partial charge in [0.1, 0.15) is 18.1 Å². The molecule has 8 heteroatoms. The van der Waals surface area contributed by atoms with Gasteiger partial charge in [-0.2, -0.15) is 0 Å². The summed E-state index contributed by atoms with van der Waals surface area (Å²) >= 11 is 5.77. The molecule has 2 amide bonds. The van der Waals surface area contributed by atoms with Crippen LogP contribution in [0, 0.1) is 0 Å². The van der Waals surface area contributed by atoms with E-state index in [1.165, 1.54) is 0 Å². The Kier molecular flexibility index (Phi) is 8.41. The highest BCUT2D eigenvalue weighted by Crippen LogP contribution is 2.15. The number of hydrogen-bond acceptors (Lipinski definition) is 5. The Morgan fingerprint density at radius 3 is 2.48 bits per heavy atom. The molecule has 0 spiro atoms. The first-order valence-electron chi connectivity index (χ1n) is 8.36. The third kappa shape index (κ3) is 7.55. The van der Waals surface area contributed by atoms with Crippen LogP contribution < -0.4 is 20.3 Å². The molecule has 0 bridgehead atoms. The zero-order valence-electron chi connectivity index (χ0n) is 14.9. The fourth-order valence-corrected chi connectivity index (χ4v) is 2.13. The van der Waals surface area contributed by atoms with Gasteiger partial charge in [0.05, 0.1) is 6.61 Å². The quantitative estimate of drug-likeness (QED) is 0.506. The minimum absolute atomic E-state index is 0.248. The average molecular weight is 393 g/mol. The maximum atomic E-state index is 12.1. The number of amides is 2. The predicted molar refractivity (Wildman–Crippen MR) is 101 cm³/mol. The van der Waals surface area contributed by atoms with Gasteiger partial charge in [0, 0.05) is 17.2 Å². The van der Waals surface area contributed by atoms with Crippen LogP contribution in [0.2, 0.25) is 5.02 Å². The molecular formula is C19H21ClN2O5.